The molecule has 0 amide bonds. The molecule has 2 fully saturated rings. The summed E-state index contributed by atoms with van der Waals surface area (Å²) in [5, 5.41) is -0.132. The SMILES string of the molecule is CC1(C)O[C@@H]2[C@H](CCC(C)(C)[Si](C)(C)O)OC(=O)[C@@H]2O1. The second-order valence-corrected chi connectivity index (χ2v) is 11.9. The van der Waals surface area contributed by atoms with Crippen LogP contribution in [0.25, 0.3) is 0 Å². The number of hydrogen-bond acceptors (Lipinski definition) is 5. The molecule has 0 spiro atoms. The molecule has 2 saturated heterocycles. The fraction of sp³-hybridized carbons (Fsp3) is 0.929. The summed E-state index contributed by atoms with van der Waals surface area (Å²) in [4.78, 5) is 22.1. The van der Waals surface area contributed by atoms with Crippen molar-refractivity contribution in [3.63, 3.8) is 0 Å². The quantitative estimate of drug-likeness (QED) is 0.637. The van der Waals surface area contributed by atoms with Crippen molar-refractivity contribution in [2.24, 2.45) is 0 Å². The Morgan fingerprint density at radius 2 is 1.90 bits per heavy atom. The number of rotatable bonds is 4. The van der Waals surface area contributed by atoms with Gasteiger partial charge in [-0.15, -0.1) is 0 Å². The largest absolute Gasteiger partial charge is 0.457 e. The van der Waals surface area contributed by atoms with Gasteiger partial charge in [0, 0.05) is 0 Å². The zero-order valence-electron chi connectivity index (χ0n) is 13.2. The summed E-state index contributed by atoms with van der Waals surface area (Å²) in [5.74, 6) is -1.06. The molecule has 2 rings (SSSR count). The minimum Gasteiger partial charge on any atom is -0.457 e. The highest BCUT2D eigenvalue weighted by Crippen LogP contribution is 2.43. The standard InChI is InChI=1S/C14H26O5Si/c1-13(2,20(5,6)16)8-7-9-10-11(12(15)17-9)19-14(3,4)18-10/h9-11,16H,7-8H2,1-6H3/t9-,10+,11+/m0/s1. The third-order valence-electron chi connectivity index (χ3n) is 4.71. The van der Waals surface area contributed by atoms with Crippen molar-refractivity contribution in [2.45, 2.75) is 82.8 Å². The number of esters is 1. The first-order valence-corrected chi connectivity index (χ1v) is 10.2. The van der Waals surface area contributed by atoms with Crippen molar-refractivity contribution >= 4 is 14.3 Å². The van der Waals surface area contributed by atoms with Gasteiger partial charge in [0.05, 0.1) is 0 Å². The van der Waals surface area contributed by atoms with E-state index in [0.29, 0.717) is 6.42 Å². The van der Waals surface area contributed by atoms with E-state index < -0.39 is 20.2 Å². The van der Waals surface area contributed by atoms with Crippen LogP contribution in [0, 0.1) is 0 Å². The van der Waals surface area contributed by atoms with Crippen LogP contribution in [-0.4, -0.2) is 43.2 Å². The van der Waals surface area contributed by atoms with E-state index in [9.17, 15) is 9.59 Å². The van der Waals surface area contributed by atoms with Crippen molar-refractivity contribution in [1.29, 1.82) is 0 Å². The predicted molar refractivity (Wildman–Crippen MR) is 76.7 cm³/mol. The molecular formula is C14H26O5Si. The van der Waals surface area contributed by atoms with E-state index in [1.165, 1.54) is 0 Å². The van der Waals surface area contributed by atoms with Gasteiger partial charge in [-0.2, -0.15) is 0 Å². The summed E-state index contributed by atoms with van der Waals surface area (Å²) in [6, 6.07) is 0. The van der Waals surface area contributed by atoms with Gasteiger partial charge in [0.2, 0.25) is 0 Å². The summed E-state index contributed by atoms with van der Waals surface area (Å²) in [6.07, 6.45) is 0.295. The molecule has 1 N–H and O–H groups in total. The fourth-order valence-electron chi connectivity index (χ4n) is 2.56. The van der Waals surface area contributed by atoms with Crippen LogP contribution in [0.2, 0.25) is 18.1 Å². The predicted octanol–water partition coefficient (Wildman–Crippen LogP) is 2.19. The van der Waals surface area contributed by atoms with E-state index >= 15 is 0 Å². The second kappa shape index (κ2) is 4.80. The molecule has 0 unspecified atom stereocenters. The molecule has 0 aromatic rings. The van der Waals surface area contributed by atoms with E-state index in [0.717, 1.165) is 6.42 Å². The van der Waals surface area contributed by atoms with Crippen LogP contribution >= 0.6 is 0 Å². The minimum atomic E-state index is -2.25. The summed E-state index contributed by atoms with van der Waals surface area (Å²) >= 11 is 0. The van der Waals surface area contributed by atoms with Crippen molar-refractivity contribution in [1.82, 2.24) is 0 Å². The van der Waals surface area contributed by atoms with E-state index in [2.05, 4.69) is 13.8 Å². The summed E-state index contributed by atoms with van der Waals surface area (Å²) < 4.78 is 16.7. The average molecular weight is 302 g/mol. The van der Waals surface area contributed by atoms with Crippen LogP contribution in [-0.2, 0) is 19.0 Å². The Balaban J connectivity index is 2.00. The molecule has 5 nitrogen and oxygen atoms in total. The molecule has 2 heterocycles. The van der Waals surface area contributed by atoms with Gasteiger partial charge in [-0.3, -0.25) is 0 Å². The van der Waals surface area contributed by atoms with E-state index in [1.807, 2.05) is 26.9 Å². The Hall–Kier alpha value is -0.433. The molecule has 3 atom stereocenters. The molecule has 116 valence electrons. The Labute approximate surface area is 121 Å². The molecule has 0 radical (unpaired) electrons. The third-order valence-corrected chi connectivity index (χ3v) is 8.27. The third kappa shape index (κ3) is 2.93. The molecular weight excluding hydrogens is 276 g/mol. The first-order chi connectivity index (χ1) is 8.93. The van der Waals surface area contributed by atoms with Gasteiger partial charge in [0.15, 0.2) is 20.2 Å². The molecule has 0 aromatic heterocycles. The molecule has 0 aromatic carbocycles. The maximum Gasteiger partial charge on any atom is 0.338 e. The van der Waals surface area contributed by atoms with Crippen LogP contribution in [0.4, 0.5) is 0 Å². The van der Waals surface area contributed by atoms with E-state index in [-0.39, 0.29) is 23.2 Å². The van der Waals surface area contributed by atoms with Gasteiger partial charge in [0.25, 0.3) is 0 Å². The van der Waals surface area contributed by atoms with Crippen LogP contribution in [0.5, 0.6) is 0 Å². The summed E-state index contributed by atoms with van der Waals surface area (Å²) in [7, 11) is -2.25. The molecule has 0 saturated carbocycles. The zero-order valence-corrected chi connectivity index (χ0v) is 14.2. The number of ether oxygens (including phenoxy) is 3. The van der Waals surface area contributed by atoms with Gasteiger partial charge in [-0.05, 0) is 44.8 Å². The van der Waals surface area contributed by atoms with E-state index in [4.69, 9.17) is 14.2 Å². The zero-order chi connectivity index (χ0) is 15.3. The van der Waals surface area contributed by atoms with Gasteiger partial charge in [-0.1, -0.05) is 13.8 Å². The maximum atomic E-state index is 11.8. The molecule has 0 aliphatic carbocycles. The van der Waals surface area contributed by atoms with Gasteiger partial charge >= 0.3 is 5.97 Å². The second-order valence-electron chi connectivity index (χ2n) is 7.48. The van der Waals surface area contributed by atoms with Crippen LogP contribution in [0.15, 0.2) is 0 Å². The van der Waals surface area contributed by atoms with Crippen LogP contribution in [0.3, 0.4) is 0 Å². The Kier molecular flexibility index (Phi) is 3.82. The van der Waals surface area contributed by atoms with E-state index in [1.54, 1.807) is 0 Å². The smallest absolute Gasteiger partial charge is 0.338 e. The van der Waals surface area contributed by atoms with Crippen molar-refractivity contribution in [3.8, 4) is 0 Å². The van der Waals surface area contributed by atoms with Crippen molar-refractivity contribution < 1.29 is 23.8 Å². The van der Waals surface area contributed by atoms with Crippen molar-refractivity contribution in [2.75, 3.05) is 0 Å². The topological polar surface area (TPSA) is 65.0 Å². The summed E-state index contributed by atoms with van der Waals surface area (Å²) in [6.45, 7) is 11.6. The number of carbonyl (C=O) groups is 1. The Morgan fingerprint density at radius 3 is 2.45 bits per heavy atom. The highest BCUT2D eigenvalue weighted by molar-refractivity contribution is 6.72. The van der Waals surface area contributed by atoms with Gasteiger partial charge < -0.3 is 19.0 Å². The summed E-state index contributed by atoms with van der Waals surface area (Å²) in [5.41, 5.74) is 0. The lowest BCUT2D eigenvalue weighted by Gasteiger charge is -2.36. The lowest BCUT2D eigenvalue weighted by atomic mass is 10.00. The lowest BCUT2D eigenvalue weighted by molar-refractivity contribution is -0.187. The average Bonchev–Trinajstić information content (AvgIpc) is 2.70. The maximum absolute atomic E-state index is 11.8. The van der Waals surface area contributed by atoms with Crippen molar-refractivity contribution in [3.05, 3.63) is 0 Å². The Bertz CT molecular complexity index is 399. The lowest BCUT2D eigenvalue weighted by Crippen LogP contribution is -2.40. The number of carbonyl (C=O) groups excluding carboxylic acids is 1. The highest BCUT2D eigenvalue weighted by Gasteiger charge is 2.56. The highest BCUT2D eigenvalue weighted by atomic mass is 28.4. The van der Waals surface area contributed by atoms with Crippen LogP contribution in [0.1, 0.15) is 40.5 Å². The number of fused-ring (bicyclic) bond motifs is 1. The minimum absolute atomic E-state index is 0.132. The molecule has 6 heteroatoms. The first kappa shape index (κ1) is 15.9. The molecule has 2 aliphatic heterocycles. The van der Waals surface area contributed by atoms with Gasteiger partial charge in [-0.25, -0.2) is 4.79 Å². The molecule has 20 heavy (non-hydrogen) atoms. The molecule has 2 aliphatic rings. The number of cyclic esters (lactones) is 1. The monoisotopic (exact) mass is 302 g/mol. The fourth-order valence-corrected chi connectivity index (χ4v) is 3.31. The Morgan fingerprint density at radius 1 is 1.30 bits per heavy atom. The normalized spacial score (nSPS) is 33.1. The van der Waals surface area contributed by atoms with Crippen LogP contribution < -0.4 is 0 Å². The number of hydrogen-bond donors (Lipinski definition) is 1. The first-order valence-electron chi connectivity index (χ1n) is 7.21. The molecule has 0 bridgehead atoms. The van der Waals surface area contributed by atoms with Gasteiger partial charge in [0.1, 0.15) is 12.2 Å².